The number of aromatic nitrogens is 2. The maximum absolute atomic E-state index is 14.1. The summed E-state index contributed by atoms with van der Waals surface area (Å²) in [5.41, 5.74) is 2.44. The Labute approximate surface area is 183 Å². The van der Waals surface area contributed by atoms with E-state index < -0.39 is 6.17 Å². The first-order valence-corrected chi connectivity index (χ1v) is 10.9. The summed E-state index contributed by atoms with van der Waals surface area (Å²) < 4.78 is 14.1. The van der Waals surface area contributed by atoms with Gasteiger partial charge in [0.15, 0.2) is 5.82 Å². The largest absolute Gasteiger partial charge is 0.355 e. The molecule has 1 radical (unpaired) electrons. The van der Waals surface area contributed by atoms with Crippen molar-refractivity contribution in [3.05, 3.63) is 34.5 Å². The number of piperidine rings is 1. The summed E-state index contributed by atoms with van der Waals surface area (Å²) in [6.07, 6.45) is 5.71. The van der Waals surface area contributed by atoms with Crippen molar-refractivity contribution < 1.29 is 9.18 Å². The summed E-state index contributed by atoms with van der Waals surface area (Å²) in [6, 6.07) is 4.20. The number of hydrogen-bond donors (Lipinski definition) is 0. The molecule has 0 amide bonds. The molecule has 5 nitrogen and oxygen atoms in total. The molecule has 2 bridgehead atoms. The highest BCUT2D eigenvalue weighted by molar-refractivity contribution is 6.64. The minimum atomic E-state index is -1.18. The average Bonchev–Trinajstić information content (AvgIpc) is 2.86. The summed E-state index contributed by atoms with van der Waals surface area (Å²) in [5.74, 6) is 0.808. The van der Waals surface area contributed by atoms with E-state index in [0.717, 1.165) is 48.8 Å². The molecule has 0 N–H and O–H groups in total. The van der Waals surface area contributed by atoms with Crippen LogP contribution < -0.4 is 4.90 Å². The smallest absolute Gasteiger partial charge is 0.294 e. The molecule has 2 aliphatic heterocycles. The van der Waals surface area contributed by atoms with Crippen LogP contribution in [0.3, 0.4) is 0 Å². The lowest BCUT2D eigenvalue weighted by molar-refractivity contribution is 0.0851. The highest BCUT2D eigenvalue weighted by Gasteiger charge is 2.55. The van der Waals surface area contributed by atoms with Gasteiger partial charge >= 0.3 is 0 Å². The fourth-order valence-corrected chi connectivity index (χ4v) is 5.84. The number of carbonyl (C=O) groups is 1. The quantitative estimate of drug-likeness (QED) is 0.520. The van der Waals surface area contributed by atoms with E-state index in [0.29, 0.717) is 11.7 Å². The first-order chi connectivity index (χ1) is 14.2. The van der Waals surface area contributed by atoms with Gasteiger partial charge in [0.25, 0.3) is 7.41 Å². The molecule has 1 aliphatic carbocycles. The number of anilines is 1. The maximum atomic E-state index is 14.1. The van der Waals surface area contributed by atoms with Gasteiger partial charge < -0.3 is 14.5 Å². The Morgan fingerprint density at radius 2 is 1.93 bits per heavy atom. The molecule has 1 aromatic rings. The molecule has 0 spiro atoms. The topological polar surface area (TPSA) is 49.3 Å². The van der Waals surface area contributed by atoms with Gasteiger partial charge in [0, 0.05) is 30.6 Å². The Balaban J connectivity index is 1.53. The predicted octanol–water partition coefficient (Wildman–Crippen LogP) is 4.14. The number of fused-ring (bicyclic) bond motifs is 2. The molecule has 30 heavy (non-hydrogen) atoms. The number of hydrogen-bond acceptors (Lipinski definition) is 5. The molecule has 4 rings (SSSR count). The van der Waals surface area contributed by atoms with Crippen LogP contribution in [-0.4, -0.2) is 58.9 Å². The zero-order chi connectivity index (χ0) is 21.7. The third-order valence-electron chi connectivity index (χ3n) is 7.31. The number of allylic oxidation sites excluding steroid dienone is 4. The van der Waals surface area contributed by atoms with E-state index >= 15 is 0 Å². The third-order valence-corrected chi connectivity index (χ3v) is 7.65. The second-order valence-corrected chi connectivity index (χ2v) is 9.90. The standard InChI is InChI=1S/C22H28BClFN4O/c1-14-9-17(24)18(25)10-16(14)19-5-6-20(27-26-19)28(4)15-11-21(2)7-8-22(3,12-15)29(21)23-13-30/h5-6,9,13,15,18H,7-8,10-12H2,1-4H3/t15?,18?,21-,22+. The SMILES string of the molecule is CC1=C(c2ccc(N(C)C3C[C@]4(C)CC[C@](C)(C3)N4[B]C=O)nn2)CC(F)C(Cl)=C1. The van der Waals surface area contributed by atoms with E-state index in [1.807, 2.05) is 19.1 Å². The van der Waals surface area contributed by atoms with Crippen LogP contribution >= 0.6 is 11.6 Å². The van der Waals surface area contributed by atoms with Crippen LogP contribution in [-0.2, 0) is 4.79 Å². The molecule has 3 aliphatic rings. The van der Waals surface area contributed by atoms with E-state index in [1.165, 1.54) is 0 Å². The number of rotatable bonds is 5. The number of carbonyl (C=O) groups excluding carboxylic acids is 1. The van der Waals surface area contributed by atoms with Gasteiger partial charge in [-0.2, -0.15) is 0 Å². The molecular formula is C22H28BClFN4O. The first kappa shape index (κ1) is 21.5. The van der Waals surface area contributed by atoms with Crippen LogP contribution in [0.15, 0.2) is 28.8 Å². The van der Waals surface area contributed by atoms with Crippen LogP contribution in [0.5, 0.6) is 0 Å². The van der Waals surface area contributed by atoms with Crippen molar-refractivity contribution in [2.45, 2.75) is 76.2 Å². The monoisotopic (exact) mass is 429 g/mol. The molecule has 0 aromatic carbocycles. The lowest BCUT2D eigenvalue weighted by atomic mass is 9.73. The molecule has 4 atom stereocenters. The Bertz CT molecular complexity index is 887. The summed E-state index contributed by atoms with van der Waals surface area (Å²) in [7, 11) is 3.78. The van der Waals surface area contributed by atoms with Gasteiger partial charge in [0.05, 0.1) is 16.9 Å². The minimum Gasteiger partial charge on any atom is -0.355 e. The highest BCUT2D eigenvalue weighted by atomic mass is 35.5. The molecule has 3 heterocycles. The van der Waals surface area contributed by atoms with Crippen molar-refractivity contribution >= 4 is 36.6 Å². The van der Waals surface area contributed by atoms with Crippen LogP contribution in [0.4, 0.5) is 10.2 Å². The molecule has 0 saturated carbocycles. The lowest BCUT2D eigenvalue weighted by Gasteiger charge is -2.52. The molecular weight excluding hydrogens is 402 g/mol. The fourth-order valence-electron chi connectivity index (χ4n) is 5.60. The van der Waals surface area contributed by atoms with Crippen molar-refractivity contribution in [3.8, 4) is 0 Å². The highest BCUT2D eigenvalue weighted by Crippen LogP contribution is 2.50. The van der Waals surface area contributed by atoms with Crippen LogP contribution in [0, 0.1) is 0 Å². The van der Waals surface area contributed by atoms with Crippen LogP contribution in [0.25, 0.3) is 5.57 Å². The molecule has 8 heteroatoms. The van der Waals surface area contributed by atoms with Crippen molar-refractivity contribution in [2.75, 3.05) is 11.9 Å². The normalized spacial score (nSPS) is 34.0. The van der Waals surface area contributed by atoms with Crippen molar-refractivity contribution in [1.29, 1.82) is 0 Å². The second kappa shape index (κ2) is 7.76. The summed E-state index contributed by atoms with van der Waals surface area (Å²) >= 11 is 5.93. The van der Waals surface area contributed by atoms with Gasteiger partial charge in [-0.15, -0.1) is 10.2 Å². The zero-order valence-corrected chi connectivity index (χ0v) is 18.8. The minimum absolute atomic E-state index is 0.0219. The summed E-state index contributed by atoms with van der Waals surface area (Å²) in [5, 5.41) is 9.12. The third kappa shape index (κ3) is 3.60. The van der Waals surface area contributed by atoms with Gasteiger partial charge in [0.2, 0.25) is 0 Å². The molecule has 2 unspecified atom stereocenters. The van der Waals surface area contributed by atoms with E-state index in [4.69, 9.17) is 11.6 Å². The van der Waals surface area contributed by atoms with Gasteiger partial charge in [-0.05, 0) is 75.8 Å². The fraction of sp³-hybridized carbons (Fsp3) is 0.591. The number of halogens is 2. The van der Waals surface area contributed by atoms with Crippen molar-refractivity contribution in [1.82, 2.24) is 15.0 Å². The Hall–Kier alpha value is -1.73. The molecule has 2 saturated heterocycles. The Kier molecular flexibility index (Phi) is 5.56. The van der Waals surface area contributed by atoms with Gasteiger partial charge in [0.1, 0.15) is 6.17 Å². The second-order valence-electron chi connectivity index (χ2n) is 9.46. The number of alkyl halides is 1. The van der Waals surface area contributed by atoms with Crippen molar-refractivity contribution in [2.24, 2.45) is 0 Å². The van der Waals surface area contributed by atoms with Gasteiger partial charge in [-0.3, -0.25) is 0 Å². The average molecular weight is 430 g/mol. The van der Waals surface area contributed by atoms with E-state index in [2.05, 4.69) is 40.8 Å². The van der Waals surface area contributed by atoms with Gasteiger partial charge in [-0.1, -0.05) is 11.6 Å². The maximum Gasteiger partial charge on any atom is 0.294 e. The zero-order valence-electron chi connectivity index (χ0n) is 18.0. The number of nitrogens with zero attached hydrogens (tertiary/aromatic N) is 4. The van der Waals surface area contributed by atoms with Gasteiger partial charge in [-0.25, -0.2) is 4.39 Å². The van der Waals surface area contributed by atoms with Crippen LogP contribution in [0.2, 0.25) is 0 Å². The van der Waals surface area contributed by atoms with E-state index in [-0.39, 0.29) is 22.5 Å². The summed E-state index contributed by atoms with van der Waals surface area (Å²) in [4.78, 5) is 15.6. The Morgan fingerprint density at radius 1 is 1.27 bits per heavy atom. The summed E-state index contributed by atoms with van der Waals surface area (Å²) in [6.45, 7) is 6.42. The van der Waals surface area contributed by atoms with E-state index in [1.54, 1.807) is 13.5 Å². The van der Waals surface area contributed by atoms with Crippen molar-refractivity contribution in [3.63, 3.8) is 0 Å². The molecule has 159 valence electrons. The molecule has 1 aromatic heterocycles. The lowest BCUT2D eigenvalue weighted by Crippen LogP contribution is -2.62. The first-order valence-electron chi connectivity index (χ1n) is 10.5. The molecule has 2 fully saturated rings. The van der Waals surface area contributed by atoms with E-state index in [9.17, 15) is 9.18 Å². The predicted molar refractivity (Wildman–Crippen MR) is 120 cm³/mol. The Morgan fingerprint density at radius 3 is 2.50 bits per heavy atom. The van der Waals surface area contributed by atoms with Crippen LogP contribution in [0.1, 0.15) is 58.6 Å².